The van der Waals surface area contributed by atoms with Crippen LogP contribution in [0.4, 0.5) is 10.1 Å². The number of rotatable bonds is 5. The van der Waals surface area contributed by atoms with Crippen LogP contribution in [0.1, 0.15) is 12.5 Å². The van der Waals surface area contributed by atoms with E-state index in [4.69, 9.17) is 22.1 Å². The number of nitrogens with zero attached hydrogens (tertiary/aromatic N) is 1. The summed E-state index contributed by atoms with van der Waals surface area (Å²) in [4.78, 5) is 25.5. The normalized spacial score (nSPS) is 16.7. The van der Waals surface area contributed by atoms with Crippen LogP contribution in [0.3, 0.4) is 0 Å². The maximum absolute atomic E-state index is 13.1. The molecule has 2 aromatic carbocycles. The molecule has 8 heteroatoms. The van der Waals surface area contributed by atoms with Gasteiger partial charge in [-0.15, -0.1) is 0 Å². The zero-order valence-corrected chi connectivity index (χ0v) is 15.7. The number of benzene rings is 2. The molecule has 5 nitrogen and oxygen atoms in total. The molecule has 0 aliphatic carbocycles. The maximum Gasteiger partial charge on any atom is 0.344 e. The van der Waals surface area contributed by atoms with Crippen LogP contribution in [-0.4, -0.2) is 27.4 Å². The van der Waals surface area contributed by atoms with Gasteiger partial charge < -0.3 is 9.84 Å². The number of ether oxygens (including phenoxy) is 1. The Kier molecular flexibility index (Phi) is 5.57. The average molecular weight is 403 g/mol. The van der Waals surface area contributed by atoms with Crippen molar-refractivity contribution in [3.8, 4) is 5.75 Å². The molecule has 0 spiro atoms. The summed E-state index contributed by atoms with van der Waals surface area (Å²) in [5.74, 6) is -1.48. The molecule has 3 rings (SSSR count). The highest BCUT2D eigenvalue weighted by Crippen LogP contribution is 2.37. The molecule has 1 saturated heterocycles. The number of carbonyl (C=O) groups is 2. The van der Waals surface area contributed by atoms with Gasteiger partial charge in [-0.25, -0.2) is 9.18 Å². The molecule has 1 amide bonds. The zero-order chi connectivity index (χ0) is 19.6. The Morgan fingerprint density at radius 2 is 1.93 bits per heavy atom. The van der Waals surface area contributed by atoms with Gasteiger partial charge in [0.15, 0.2) is 10.4 Å². The lowest BCUT2D eigenvalue weighted by atomic mass is 10.1. The molecular formula is C19H14FNO4S2. The molecule has 138 valence electrons. The largest absolute Gasteiger partial charge is 0.479 e. The molecule has 0 bridgehead atoms. The first kappa shape index (κ1) is 19.1. The van der Waals surface area contributed by atoms with Crippen LogP contribution in [-0.2, 0) is 9.59 Å². The number of amides is 1. The van der Waals surface area contributed by atoms with Crippen LogP contribution < -0.4 is 9.64 Å². The highest BCUT2D eigenvalue weighted by Gasteiger charge is 2.33. The van der Waals surface area contributed by atoms with E-state index in [0.29, 0.717) is 26.2 Å². The monoisotopic (exact) mass is 403 g/mol. The Balaban J connectivity index is 1.90. The number of halogens is 1. The van der Waals surface area contributed by atoms with Crippen LogP contribution in [0.2, 0.25) is 0 Å². The molecule has 0 radical (unpaired) electrons. The summed E-state index contributed by atoms with van der Waals surface area (Å²) in [5.41, 5.74) is 1.04. The summed E-state index contributed by atoms with van der Waals surface area (Å²) in [6.07, 6.45) is 0.570. The molecule has 1 fully saturated rings. The fourth-order valence-electron chi connectivity index (χ4n) is 2.37. The Hall–Kier alpha value is -2.71. The molecule has 1 unspecified atom stereocenters. The molecule has 1 aliphatic rings. The maximum atomic E-state index is 13.1. The van der Waals surface area contributed by atoms with Gasteiger partial charge in [-0.05, 0) is 43.3 Å². The fourth-order valence-corrected chi connectivity index (χ4v) is 3.66. The molecular weight excluding hydrogens is 389 g/mol. The van der Waals surface area contributed by atoms with Crippen molar-refractivity contribution in [1.82, 2.24) is 0 Å². The summed E-state index contributed by atoms with van der Waals surface area (Å²) in [6.45, 7) is 1.42. The second-order valence-corrected chi connectivity index (χ2v) is 7.31. The highest BCUT2D eigenvalue weighted by atomic mass is 32.2. The van der Waals surface area contributed by atoms with Crippen molar-refractivity contribution in [1.29, 1.82) is 0 Å². The minimum absolute atomic E-state index is 0.329. The molecule has 27 heavy (non-hydrogen) atoms. The summed E-state index contributed by atoms with van der Waals surface area (Å²) < 4.78 is 18.9. The van der Waals surface area contributed by atoms with Gasteiger partial charge in [0.1, 0.15) is 11.6 Å². The Morgan fingerprint density at radius 3 is 2.59 bits per heavy atom. The quantitative estimate of drug-likeness (QED) is 0.599. The van der Waals surface area contributed by atoms with Crippen molar-refractivity contribution in [2.75, 3.05) is 4.90 Å². The Labute approximate surface area is 164 Å². The number of thiocarbonyl (C=S) groups is 1. The minimum Gasteiger partial charge on any atom is -0.479 e. The number of carboxylic acid groups (broad SMARTS) is 1. The predicted molar refractivity (Wildman–Crippen MR) is 106 cm³/mol. The third-order valence-corrected chi connectivity index (χ3v) is 5.04. The number of thioether (sulfide) groups is 1. The van der Waals surface area contributed by atoms with Gasteiger partial charge in [0.25, 0.3) is 5.91 Å². The SMILES string of the molecule is CC(Oc1ccccc1/C=C1/SC(=S)N(c2ccc(F)cc2)C1=O)C(=O)O. The van der Waals surface area contributed by atoms with Crippen LogP contribution in [0.15, 0.2) is 53.4 Å². The van der Waals surface area contributed by atoms with Crippen LogP contribution in [0, 0.1) is 5.82 Å². The molecule has 0 aromatic heterocycles. The molecule has 1 atom stereocenters. The Bertz CT molecular complexity index is 943. The first-order valence-electron chi connectivity index (χ1n) is 7.89. The van der Waals surface area contributed by atoms with Crippen molar-refractivity contribution in [2.45, 2.75) is 13.0 Å². The van der Waals surface area contributed by atoms with Gasteiger partial charge in [0, 0.05) is 5.56 Å². The lowest BCUT2D eigenvalue weighted by Crippen LogP contribution is -2.27. The van der Waals surface area contributed by atoms with Crippen molar-refractivity contribution in [2.24, 2.45) is 0 Å². The van der Waals surface area contributed by atoms with Crippen molar-refractivity contribution >= 4 is 51.9 Å². The van der Waals surface area contributed by atoms with E-state index in [1.165, 1.54) is 36.1 Å². The van der Waals surface area contributed by atoms with E-state index in [0.717, 1.165) is 11.8 Å². The topological polar surface area (TPSA) is 66.8 Å². The van der Waals surface area contributed by atoms with Gasteiger partial charge in [-0.3, -0.25) is 9.69 Å². The molecule has 1 N–H and O–H groups in total. The summed E-state index contributed by atoms with van der Waals surface area (Å²) in [6, 6.07) is 12.3. The van der Waals surface area contributed by atoms with E-state index < -0.39 is 17.9 Å². The van der Waals surface area contributed by atoms with Gasteiger partial charge in [0.05, 0.1) is 10.6 Å². The lowest BCUT2D eigenvalue weighted by molar-refractivity contribution is -0.144. The lowest BCUT2D eigenvalue weighted by Gasteiger charge is -2.14. The van der Waals surface area contributed by atoms with E-state index in [1.54, 1.807) is 30.3 Å². The Morgan fingerprint density at radius 1 is 1.26 bits per heavy atom. The third kappa shape index (κ3) is 4.17. The predicted octanol–water partition coefficient (Wildman–Crippen LogP) is 4.08. The first-order valence-corrected chi connectivity index (χ1v) is 9.11. The van der Waals surface area contributed by atoms with E-state index in [9.17, 15) is 14.0 Å². The van der Waals surface area contributed by atoms with Gasteiger partial charge >= 0.3 is 5.97 Å². The van der Waals surface area contributed by atoms with E-state index in [1.807, 2.05) is 0 Å². The van der Waals surface area contributed by atoms with Gasteiger partial charge in [-0.2, -0.15) is 0 Å². The molecule has 2 aromatic rings. The second-order valence-electron chi connectivity index (χ2n) is 5.63. The summed E-state index contributed by atoms with van der Waals surface area (Å²) in [5, 5.41) is 9.03. The van der Waals surface area contributed by atoms with Gasteiger partial charge in [-0.1, -0.05) is 42.2 Å². The number of aliphatic carboxylic acids is 1. The first-order chi connectivity index (χ1) is 12.9. The van der Waals surface area contributed by atoms with Crippen molar-refractivity contribution in [3.63, 3.8) is 0 Å². The number of carbonyl (C=O) groups excluding carboxylic acids is 1. The van der Waals surface area contributed by atoms with E-state index >= 15 is 0 Å². The number of anilines is 1. The summed E-state index contributed by atoms with van der Waals surface area (Å²) >= 11 is 6.40. The molecule has 0 saturated carbocycles. The highest BCUT2D eigenvalue weighted by molar-refractivity contribution is 8.27. The summed E-state index contributed by atoms with van der Waals surface area (Å²) in [7, 11) is 0. The number of para-hydroxylation sites is 1. The smallest absolute Gasteiger partial charge is 0.344 e. The second kappa shape index (κ2) is 7.89. The number of hydrogen-bond donors (Lipinski definition) is 1. The standard InChI is InChI=1S/C19H14FNO4S2/c1-11(18(23)24)25-15-5-3-2-4-12(15)10-16-17(22)21(19(26)27-16)14-8-6-13(20)7-9-14/h2-11H,1H3,(H,23,24)/b16-10+. The van der Waals surface area contributed by atoms with Crippen molar-refractivity contribution in [3.05, 3.63) is 64.8 Å². The van der Waals surface area contributed by atoms with E-state index in [-0.39, 0.29) is 5.91 Å². The minimum atomic E-state index is -1.09. The number of hydrogen-bond acceptors (Lipinski definition) is 5. The van der Waals surface area contributed by atoms with Crippen LogP contribution in [0.25, 0.3) is 6.08 Å². The third-order valence-electron chi connectivity index (χ3n) is 3.74. The molecule has 1 heterocycles. The molecule has 1 aliphatic heterocycles. The van der Waals surface area contributed by atoms with Crippen LogP contribution in [0.5, 0.6) is 5.75 Å². The zero-order valence-electron chi connectivity index (χ0n) is 14.1. The average Bonchev–Trinajstić information content (AvgIpc) is 2.91. The van der Waals surface area contributed by atoms with Crippen LogP contribution >= 0.6 is 24.0 Å². The van der Waals surface area contributed by atoms with E-state index in [2.05, 4.69) is 0 Å². The van der Waals surface area contributed by atoms with Gasteiger partial charge in [0.2, 0.25) is 0 Å². The van der Waals surface area contributed by atoms with Crippen molar-refractivity contribution < 1.29 is 23.8 Å². The fraction of sp³-hybridized carbons (Fsp3) is 0.105. The number of carboxylic acids is 1.